The van der Waals surface area contributed by atoms with Gasteiger partial charge in [0.2, 0.25) is 0 Å². The molecule has 0 unspecified atom stereocenters. The minimum Gasteiger partial charge on any atom is -1.00 e. The number of benzene rings is 1. The van der Waals surface area contributed by atoms with Crippen LogP contribution in [0, 0.1) is 0 Å². The topological polar surface area (TPSA) is 0 Å². The first-order valence-corrected chi connectivity index (χ1v) is 3.79. The van der Waals surface area contributed by atoms with E-state index in [1.807, 2.05) is 24.3 Å². The van der Waals surface area contributed by atoms with Crippen molar-refractivity contribution < 1.29 is 2.85 Å². The monoisotopic (exact) mass is 260 g/mol. The van der Waals surface area contributed by atoms with Gasteiger partial charge in [-0.1, -0.05) is 31.9 Å². The van der Waals surface area contributed by atoms with Crippen molar-refractivity contribution >= 4 is 54.9 Å². The maximum atomic E-state index is 3.32. The van der Waals surface area contributed by atoms with Crippen molar-refractivity contribution in [3.8, 4) is 0 Å². The quantitative estimate of drug-likeness (QED) is 0.630. The van der Waals surface area contributed by atoms with Crippen LogP contribution in [0.5, 0.6) is 0 Å². The molecule has 0 N–H and O–H groups in total. The molecule has 0 aromatic heterocycles. The Hall–Kier alpha value is 0.946. The average molecular weight is 262 g/mol. The molecule has 0 bridgehead atoms. The van der Waals surface area contributed by atoms with E-state index in [4.69, 9.17) is 0 Å². The van der Waals surface area contributed by atoms with Crippen molar-refractivity contribution in [1.82, 2.24) is 0 Å². The molecule has 0 aliphatic heterocycles. The molecule has 0 amide bonds. The van der Waals surface area contributed by atoms with Crippen LogP contribution >= 0.6 is 31.9 Å². The van der Waals surface area contributed by atoms with Crippen molar-refractivity contribution in [2.45, 2.75) is 0 Å². The summed E-state index contributed by atoms with van der Waals surface area (Å²) in [5.41, 5.74) is 0. The predicted molar refractivity (Wildman–Crippen MR) is 49.8 cm³/mol. The Morgan fingerprint density at radius 2 is 1.11 bits per heavy atom. The van der Waals surface area contributed by atoms with E-state index in [9.17, 15) is 0 Å². The van der Waals surface area contributed by atoms with Crippen LogP contribution in [0.1, 0.15) is 2.85 Å². The molecule has 0 atom stereocenters. The van der Waals surface area contributed by atoms with Crippen LogP contribution in [0.4, 0.5) is 0 Å². The first kappa shape index (κ1) is 9.95. The summed E-state index contributed by atoms with van der Waals surface area (Å²) in [6.07, 6.45) is 0. The summed E-state index contributed by atoms with van der Waals surface area (Å²) in [6, 6.07) is 7.96. The molecule has 1 rings (SSSR count). The van der Waals surface area contributed by atoms with Gasteiger partial charge >= 0.3 is 23.1 Å². The Balaban J connectivity index is -0.000000213. The molecule has 0 radical (unpaired) electrons. The average Bonchev–Trinajstić information content (AvgIpc) is 1.77. The standard InChI is InChI=1S/C6H4Br2.Mg.2H/c7-5-1-2-6(8)4-3-5;;;/h1-4H;;;/q;+2;2*-1. The summed E-state index contributed by atoms with van der Waals surface area (Å²) in [5.74, 6) is 0. The fourth-order valence-electron chi connectivity index (χ4n) is 0.430. The van der Waals surface area contributed by atoms with Crippen LogP contribution in [-0.2, 0) is 0 Å². The van der Waals surface area contributed by atoms with Gasteiger partial charge in [-0.15, -0.1) is 0 Å². The zero-order valence-corrected chi connectivity index (χ0v) is 9.36. The van der Waals surface area contributed by atoms with Crippen LogP contribution in [0.15, 0.2) is 33.2 Å². The Bertz CT molecular complexity index is 157. The van der Waals surface area contributed by atoms with E-state index in [0.29, 0.717) is 0 Å². The summed E-state index contributed by atoms with van der Waals surface area (Å²) in [4.78, 5) is 0. The predicted octanol–water partition coefficient (Wildman–Crippen LogP) is 3.06. The van der Waals surface area contributed by atoms with E-state index in [1.54, 1.807) is 0 Å². The third-order valence-corrected chi connectivity index (χ3v) is 1.86. The van der Waals surface area contributed by atoms with Gasteiger partial charge in [-0.25, -0.2) is 0 Å². The second kappa shape index (κ2) is 4.71. The first-order chi connectivity index (χ1) is 3.79. The molecule has 0 heterocycles. The Labute approximate surface area is 90.4 Å². The van der Waals surface area contributed by atoms with Gasteiger partial charge in [0, 0.05) is 8.95 Å². The molecule has 0 fully saturated rings. The summed E-state index contributed by atoms with van der Waals surface area (Å²) in [6.45, 7) is 0. The molecule has 46 valence electrons. The van der Waals surface area contributed by atoms with Crippen molar-refractivity contribution in [3.63, 3.8) is 0 Å². The van der Waals surface area contributed by atoms with E-state index in [1.165, 1.54) is 0 Å². The largest absolute Gasteiger partial charge is 2.00 e. The summed E-state index contributed by atoms with van der Waals surface area (Å²) < 4.78 is 2.22. The fraction of sp³-hybridized carbons (Fsp3) is 0. The smallest absolute Gasteiger partial charge is 1.00 e. The van der Waals surface area contributed by atoms with Gasteiger partial charge in [0.15, 0.2) is 0 Å². The third-order valence-electron chi connectivity index (χ3n) is 0.804. The van der Waals surface area contributed by atoms with Crippen LogP contribution < -0.4 is 0 Å². The summed E-state index contributed by atoms with van der Waals surface area (Å²) in [5, 5.41) is 0. The molecule has 0 saturated heterocycles. The van der Waals surface area contributed by atoms with Crippen molar-refractivity contribution in [2.24, 2.45) is 0 Å². The Morgan fingerprint density at radius 3 is 1.33 bits per heavy atom. The van der Waals surface area contributed by atoms with Gasteiger partial charge in [0.25, 0.3) is 0 Å². The molecule has 0 nitrogen and oxygen atoms in total. The number of rotatable bonds is 0. The van der Waals surface area contributed by atoms with Crippen molar-refractivity contribution in [1.29, 1.82) is 0 Å². The molecule has 1 aromatic rings. The zero-order valence-electron chi connectivity index (χ0n) is 6.77. The maximum absolute atomic E-state index is 3.32. The van der Waals surface area contributed by atoms with E-state index in [-0.39, 0.29) is 25.9 Å². The van der Waals surface area contributed by atoms with Crippen LogP contribution in [0.3, 0.4) is 0 Å². The van der Waals surface area contributed by atoms with Crippen molar-refractivity contribution in [3.05, 3.63) is 33.2 Å². The normalized spacial score (nSPS) is 8.22. The number of hydrogen-bond donors (Lipinski definition) is 0. The molecule has 0 aliphatic rings. The molecular weight excluding hydrogens is 256 g/mol. The molecule has 3 heteroatoms. The third kappa shape index (κ3) is 3.60. The van der Waals surface area contributed by atoms with Crippen molar-refractivity contribution in [2.75, 3.05) is 0 Å². The van der Waals surface area contributed by atoms with Crippen LogP contribution in [0.25, 0.3) is 0 Å². The van der Waals surface area contributed by atoms with Gasteiger partial charge < -0.3 is 2.85 Å². The maximum Gasteiger partial charge on any atom is 2.00 e. The van der Waals surface area contributed by atoms with Gasteiger partial charge in [0.1, 0.15) is 0 Å². The van der Waals surface area contributed by atoms with Crippen LogP contribution in [0.2, 0.25) is 0 Å². The summed E-state index contributed by atoms with van der Waals surface area (Å²) in [7, 11) is 0. The van der Waals surface area contributed by atoms with Gasteiger partial charge in [-0.2, -0.15) is 0 Å². The number of halogens is 2. The Kier molecular flexibility index (Phi) is 5.21. The molecule has 1 aromatic carbocycles. The molecule has 0 saturated carbocycles. The van der Waals surface area contributed by atoms with Gasteiger partial charge in [-0.05, 0) is 24.3 Å². The van der Waals surface area contributed by atoms with E-state index < -0.39 is 0 Å². The minimum absolute atomic E-state index is 0. The van der Waals surface area contributed by atoms with E-state index in [0.717, 1.165) is 8.95 Å². The first-order valence-electron chi connectivity index (χ1n) is 2.20. The molecule has 0 aliphatic carbocycles. The molecule has 9 heavy (non-hydrogen) atoms. The van der Waals surface area contributed by atoms with Gasteiger partial charge in [0.05, 0.1) is 0 Å². The summed E-state index contributed by atoms with van der Waals surface area (Å²) >= 11 is 6.65. The fourth-order valence-corrected chi connectivity index (χ4v) is 0.958. The second-order valence-corrected chi connectivity index (χ2v) is 3.27. The molecule has 0 spiro atoms. The Morgan fingerprint density at radius 1 is 0.889 bits per heavy atom. The zero-order chi connectivity index (χ0) is 5.98. The number of hydrogen-bond acceptors (Lipinski definition) is 0. The van der Waals surface area contributed by atoms with E-state index in [2.05, 4.69) is 31.9 Å². The second-order valence-electron chi connectivity index (χ2n) is 1.44. The minimum atomic E-state index is 0. The SMILES string of the molecule is Brc1ccc(Br)cc1.[H-].[H-].[Mg+2]. The van der Waals surface area contributed by atoms with E-state index >= 15 is 0 Å². The van der Waals surface area contributed by atoms with Crippen LogP contribution in [-0.4, -0.2) is 23.1 Å². The molecular formula is C6H6Br2Mg. The van der Waals surface area contributed by atoms with Gasteiger partial charge in [-0.3, -0.25) is 0 Å².